The van der Waals surface area contributed by atoms with Crippen LogP contribution in [0.25, 0.3) is 0 Å². The monoisotopic (exact) mass is 469 g/mol. The van der Waals surface area contributed by atoms with Crippen LogP contribution in [0, 0.1) is 0 Å². The number of amides is 2. The van der Waals surface area contributed by atoms with Gasteiger partial charge in [-0.2, -0.15) is 4.99 Å². The number of aliphatic imine (C=N–C) groups is 1. The molecule has 2 saturated heterocycles. The summed E-state index contributed by atoms with van der Waals surface area (Å²) in [6, 6.07) is 6.91. The first-order valence-electron chi connectivity index (χ1n) is 9.87. The highest BCUT2D eigenvalue weighted by Crippen LogP contribution is 2.43. The molecule has 0 spiro atoms. The lowest BCUT2D eigenvalue weighted by Gasteiger charge is -2.26. The lowest BCUT2D eigenvalue weighted by atomic mass is 10.2. The van der Waals surface area contributed by atoms with Gasteiger partial charge in [-0.15, -0.1) is 0 Å². The molecule has 3 rings (SSSR count). The molecule has 11 heteroatoms. The quantitative estimate of drug-likeness (QED) is 0.698. The molecular weight excluding hydrogens is 442 g/mol. The maximum atomic E-state index is 12.5. The van der Waals surface area contributed by atoms with E-state index in [0.717, 1.165) is 0 Å². The Morgan fingerprint density at radius 2 is 1.97 bits per heavy atom. The molecule has 2 aliphatic heterocycles. The van der Waals surface area contributed by atoms with Gasteiger partial charge < -0.3 is 19.7 Å². The molecule has 1 aromatic carbocycles. The van der Waals surface area contributed by atoms with E-state index >= 15 is 0 Å². The zero-order valence-corrected chi connectivity index (χ0v) is 19.6. The fourth-order valence-electron chi connectivity index (χ4n) is 3.42. The Balaban J connectivity index is 1.75. The molecule has 0 bridgehead atoms. The summed E-state index contributed by atoms with van der Waals surface area (Å²) in [5.74, 6) is 0.193. The van der Waals surface area contributed by atoms with Crippen molar-refractivity contribution < 1.29 is 27.5 Å². The number of methoxy groups -OCH3 is 1. The number of carbonyl (C=O) groups excluding carboxylic acids is 2. The van der Waals surface area contributed by atoms with Crippen LogP contribution in [-0.2, 0) is 19.4 Å². The molecule has 2 atom stereocenters. The Bertz CT molecular complexity index is 987. The smallest absolute Gasteiger partial charge is 0.407 e. The van der Waals surface area contributed by atoms with E-state index in [0.29, 0.717) is 16.6 Å². The van der Waals surface area contributed by atoms with E-state index in [1.165, 1.54) is 18.9 Å². The third kappa shape index (κ3) is 5.91. The van der Waals surface area contributed by atoms with Crippen molar-refractivity contribution in [2.24, 2.45) is 4.99 Å². The summed E-state index contributed by atoms with van der Waals surface area (Å²) < 4.78 is 34.9. The van der Waals surface area contributed by atoms with Gasteiger partial charge in [-0.1, -0.05) is 23.9 Å². The standard InChI is InChI=1S/C20H27N3O6S2/c1-20(2,3)29-19(25)21-10-9-17(24)22-18-23(13-7-5-6-8-15(13)28-4)14-11-31(26,27)12-16(14)30-18/h5-8,14,16H,9-12H2,1-4H3,(H,21,25)/t14-,16-/m0/s1. The van der Waals surface area contributed by atoms with Gasteiger partial charge in [0.25, 0.3) is 0 Å². The first-order valence-corrected chi connectivity index (χ1v) is 12.6. The van der Waals surface area contributed by atoms with E-state index in [-0.39, 0.29) is 35.8 Å². The molecule has 170 valence electrons. The summed E-state index contributed by atoms with van der Waals surface area (Å²) in [5.41, 5.74) is 0.0443. The Morgan fingerprint density at radius 3 is 2.65 bits per heavy atom. The van der Waals surface area contributed by atoms with Gasteiger partial charge in [-0.05, 0) is 32.9 Å². The Kier molecular flexibility index (Phi) is 6.85. The van der Waals surface area contributed by atoms with Crippen LogP contribution < -0.4 is 15.0 Å². The minimum absolute atomic E-state index is 0.00327. The average molecular weight is 470 g/mol. The number of benzene rings is 1. The second-order valence-electron chi connectivity index (χ2n) is 8.31. The lowest BCUT2D eigenvalue weighted by molar-refractivity contribution is -0.117. The number of amidine groups is 1. The highest BCUT2D eigenvalue weighted by molar-refractivity contribution is 8.16. The molecule has 0 saturated carbocycles. The molecule has 0 aliphatic carbocycles. The number of nitrogens with one attached hydrogen (secondary N) is 1. The van der Waals surface area contributed by atoms with Crippen molar-refractivity contribution in [2.75, 3.05) is 30.1 Å². The zero-order valence-electron chi connectivity index (χ0n) is 18.0. The van der Waals surface area contributed by atoms with Gasteiger partial charge in [0.05, 0.1) is 30.3 Å². The largest absolute Gasteiger partial charge is 0.495 e. The van der Waals surface area contributed by atoms with Crippen LogP contribution in [0.1, 0.15) is 27.2 Å². The molecule has 1 N–H and O–H groups in total. The van der Waals surface area contributed by atoms with E-state index in [1.807, 2.05) is 18.2 Å². The van der Waals surface area contributed by atoms with Crippen LogP contribution in [0.5, 0.6) is 5.75 Å². The van der Waals surface area contributed by atoms with Crippen LogP contribution in [0.4, 0.5) is 10.5 Å². The number of hydrogen-bond acceptors (Lipinski definition) is 7. The number of hydrogen-bond donors (Lipinski definition) is 1. The molecule has 31 heavy (non-hydrogen) atoms. The Hall–Kier alpha value is -2.27. The van der Waals surface area contributed by atoms with Crippen LogP contribution >= 0.6 is 11.8 Å². The number of anilines is 1. The molecule has 0 aromatic heterocycles. The van der Waals surface area contributed by atoms with Crippen molar-refractivity contribution >= 4 is 44.5 Å². The van der Waals surface area contributed by atoms with Crippen molar-refractivity contribution in [3.05, 3.63) is 24.3 Å². The summed E-state index contributed by atoms with van der Waals surface area (Å²) in [6.07, 6.45) is -0.602. The van der Waals surface area contributed by atoms with E-state index in [1.54, 1.807) is 31.7 Å². The normalized spacial score (nSPS) is 23.5. The zero-order chi connectivity index (χ0) is 22.8. The van der Waals surface area contributed by atoms with Gasteiger partial charge in [-0.3, -0.25) is 4.79 Å². The first-order chi connectivity index (χ1) is 14.5. The van der Waals surface area contributed by atoms with Crippen molar-refractivity contribution in [3.63, 3.8) is 0 Å². The number of carbonyl (C=O) groups is 2. The molecule has 2 aliphatic rings. The predicted octanol–water partition coefficient (Wildman–Crippen LogP) is 2.21. The van der Waals surface area contributed by atoms with Gasteiger partial charge in [0.15, 0.2) is 15.0 Å². The molecule has 0 unspecified atom stereocenters. The average Bonchev–Trinajstić information content (AvgIpc) is 3.10. The molecule has 2 fully saturated rings. The maximum absolute atomic E-state index is 12.5. The minimum atomic E-state index is -3.16. The Labute approximate surface area is 186 Å². The molecule has 2 amide bonds. The third-order valence-electron chi connectivity index (χ3n) is 4.64. The number of fused-ring (bicyclic) bond motifs is 1. The van der Waals surface area contributed by atoms with E-state index in [2.05, 4.69) is 10.3 Å². The van der Waals surface area contributed by atoms with E-state index in [4.69, 9.17) is 9.47 Å². The molecule has 1 aromatic rings. The summed E-state index contributed by atoms with van der Waals surface area (Å²) in [4.78, 5) is 30.2. The SMILES string of the molecule is COc1ccccc1N1C(=NC(=O)CCNC(=O)OC(C)(C)C)S[C@H]2CS(=O)(=O)C[C@@H]21. The highest BCUT2D eigenvalue weighted by atomic mass is 32.2. The topological polar surface area (TPSA) is 114 Å². The van der Waals surface area contributed by atoms with Crippen LogP contribution in [0.3, 0.4) is 0 Å². The maximum Gasteiger partial charge on any atom is 0.407 e. The fraction of sp³-hybridized carbons (Fsp3) is 0.550. The predicted molar refractivity (Wildman–Crippen MR) is 121 cm³/mol. The Morgan fingerprint density at radius 1 is 1.26 bits per heavy atom. The first kappa shape index (κ1) is 23.4. The van der Waals surface area contributed by atoms with Crippen molar-refractivity contribution in [3.8, 4) is 5.75 Å². The minimum Gasteiger partial charge on any atom is -0.495 e. The van der Waals surface area contributed by atoms with Crippen LogP contribution in [0.15, 0.2) is 29.3 Å². The number of rotatable bonds is 5. The lowest BCUT2D eigenvalue weighted by Crippen LogP contribution is -2.38. The van der Waals surface area contributed by atoms with Crippen LogP contribution in [0.2, 0.25) is 0 Å². The fourth-order valence-corrected chi connectivity index (χ4v) is 7.35. The number of para-hydroxylation sites is 2. The second-order valence-corrected chi connectivity index (χ2v) is 11.7. The van der Waals surface area contributed by atoms with Crippen molar-refractivity contribution in [1.29, 1.82) is 0 Å². The van der Waals surface area contributed by atoms with Gasteiger partial charge in [-0.25, -0.2) is 13.2 Å². The number of ether oxygens (including phenoxy) is 2. The molecule has 0 radical (unpaired) electrons. The third-order valence-corrected chi connectivity index (χ3v) is 7.85. The van der Waals surface area contributed by atoms with E-state index < -0.39 is 27.4 Å². The van der Waals surface area contributed by atoms with Crippen LogP contribution in [-0.4, -0.2) is 67.6 Å². The van der Waals surface area contributed by atoms with E-state index in [9.17, 15) is 18.0 Å². The summed E-state index contributed by atoms with van der Waals surface area (Å²) in [6.45, 7) is 5.35. The van der Waals surface area contributed by atoms with Crippen molar-refractivity contribution in [1.82, 2.24) is 5.32 Å². The van der Waals surface area contributed by atoms with Gasteiger partial charge in [0, 0.05) is 18.2 Å². The summed E-state index contributed by atoms with van der Waals surface area (Å²) >= 11 is 1.29. The number of alkyl carbamates (subject to hydrolysis) is 1. The highest BCUT2D eigenvalue weighted by Gasteiger charge is 2.50. The molecule has 2 heterocycles. The number of thioether (sulfide) groups is 1. The van der Waals surface area contributed by atoms with Gasteiger partial charge in [0.1, 0.15) is 11.4 Å². The summed E-state index contributed by atoms with van der Waals surface area (Å²) in [5, 5.41) is 2.77. The summed E-state index contributed by atoms with van der Waals surface area (Å²) in [7, 11) is -1.62. The van der Waals surface area contributed by atoms with Crippen molar-refractivity contribution in [2.45, 2.75) is 44.1 Å². The molecule has 9 nitrogen and oxygen atoms in total. The number of sulfone groups is 1. The molecular formula is C20H27N3O6S2. The number of nitrogens with zero attached hydrogens (tertiary/aromatic N) is 2. The second kappa shape index (κ2) is 9.07. The van der Waals surface area contributed by atoms with Gasteiger partial charge in [0.2, 0.25) is 5.91 Å². The van der Waals surface area contributed by atoms with Gasteiger partial charge >= 0.3 is 6.09 Å².